The quantitative estimate of drug-likeness (QED) is 0.138. The van der Waals surface area contributed by atoms with Crippen molar-refractivity contribution in [1.29, 1.82) is 0 Å². The predicted octanol–water partition coefficient (Wildman–Crippen LogP) is 2.94. The minimum Gasteiger partial charge on any atom is -0.468 e. The maximum absolute atomic E-state index is 14.3. The van der Waals surface area contributed by atoms with Crippen LogP contribution in [-0.4, -0.2) is 47.0 Å². The van der Waals surface area contributed by atoms with Crippen LogP contribution in [0.2, 0.25) is 0 Å². The van der Waals surface area contributed by atoms with Crippen LogP contribution in [0.25, 0.3) is 11.0 Å². The number of benzene rings is 2. The summed E-state index contributed by atoms with van der Waals surface area (Å²) >= 11 is 0. The largest absolute Gasteiger partial charge is 0.468 e. The van der Waals surface area contributed by atoms with Crippen LogP contribution in [0.3, 0.4) is 0 Å². The average Bonchev–Trinajstić information content (AvgIpc) is 3.01. The van der Waals surface area contributed by atoms with E-state index in [0.717, 1.165) is 16.4 Å². The highest BCUT2D eigenvalue weighted by molar-refractivity contribution is 6.07. The number of fused-ring (bicyclic) bond motifs is 1. The monoisotopic (exact) mass is 590 g/mol. The number of nitrogens with zero attached hydrogens (tertiary/aromatic N) is 2. The maximum atomic E-state index is 14.3. The Labute approximate surface area is 245 Å². The molecule has 0 atom stereocenters. The fourth-order valence-electron chi connectivity index (χ4n) is 4.03. The number of halogens is 2. The van der Waals surface area contributed by atoms with Crippen molar-refractivity contribution in [2.45, 2.75) is 26.0 Å². The van der Waals surface area contributed by atoms with Crippen LogP contribution in [0, 0.1) is 23.5 Å². The summed E-state index contributed by atoms with van der Waals surface area (Å²) in [5, 5.41) is 14.5. The van der Waals surface area contributed by atoms with Crippen molar-refractivity contribution in [3.63, 3.8) is 0 Å². The molecule has 2 heterocycles. The highest BCUT2D eigenvalue weighted by atomic mass is 19.1. The van der Waals surface area contributed by atoms with E-state index in [2.05, 4.69) is 27.5 Å². The number of ether oxygens (including phenoxy) is 1. The number of aromatic nitrogens is 2. The highest BCUT2D eigenvalue weighted by Gasteiger charge is 2.25. The van der Waals surface area contributed by atoms with E-state index < -0.39 is 41.2 Å². The molecule has 0 aliphatic carbocycles. The number of aliphatic hydroxyl groups excluding tert-OH is 1. The molecule has 1 amide bonds. The molecule has 0 aliphatic heterocycles. The molecule has 0 radical (unpaired) electrons. The molecule has 0 saturated heterocycles. The van der Waals surface area contributed by atoms with Gasteiger partial charge in [-0.3, -0.25) is 14.4 Å². The number of nitrogens with one attached hydrogen (secondary N) is 2. The summed E-state index contributed by atoms with van der Waals surface area (Å²) in [5.41, 5.74) is -0.202. The van der Waals surface area contributed by atoms with Crippen LogP contribution in [-0.2, 0) is 22.7 Å². The van der Waals surface area contributed by atoms with E-state index in [0.29, 0.717) is 24.5 Å². The van der Waals surface area contributed by atoms with Gasteiger partial charge in [0.1, 0.15) is 30.3 Å². The van der Waals surface area contributed by atoms with E-state index in [-0.39, 0.29) is 42.0 Å². The lowest BCUT2D eigenvalue weighted by Crippen LogP contribution is -2.37. The van der Waals surface area contributed by atoms with Crippen LogP contribution in [0.1, 0.15) is 39.9 Å². The van der Waals surface area contributed by atoms with Gasteiger partial charge in [-0.1, -0.05) is 48.2 Å². The minimum absolute atomic E-state index is 0.0117. The molecule has 2 aromatic carbocycles. The first-order valence-electron chi connectivity index (χ1n) is 13.2. The molecule has 0 saturated carbocycles. The van der Waals surface area contributed by atoms with Crippen LogP contribution >= 0.6 is 0 Å². The fraction of sp³-hybridized carbons (Fsp3) is 0.226. The molecule has 3 N–H and O–H groups in total. The van der Waals surface area contributed by atoms with Crippen molar-refractivity contribution >= 4 is 28.6 Å². The normalized spacial score (nSPS) is 10.5. The standard InChI is InChI=1S/C31H28F2N4O6/c1-42-26(39)18-34-28-24-14-21(10-6-3-7-13-38)16-35-29(24)37(43-19-20-8-4-2-5-9-20)31(41)27(28)30(40)36-17-22-11-12-23(32)15-25(22)33/h2,4-5,8-9,11-12,14-16,34,38H,3,7,13,17-19H2,1H3,(H,36,40). The number of anilines is 1. The molecule has 2 aromatic heterocycles. The van der Waals surface area contributed by atoms with E-state index in [9.17, 15) is 23.2 Å². The zero-order valence-electron chi connectivity index (χ0n) is 23.2. The first-order valence-corrected chi connectivity index (χ1v) is 13.2. The SMILES string of the molecule is COC(=O)CNc1c(C(=O)NCc2ccc(F)cc2F)c(=O)n(OCc2ccccc2)c2ncc(C#CCCCO)cc12. The molecule has 43 heavy (non-hydrogen) atoms. The summed E-state index contributed by atoms with van der Waals surface area (Å²) in [6.45, 7) is -0.827. The minimum atomic E-state index is -0.917. The third-order valence-corrected chi connectivity index (χ3v) is 6.19. The summed E-state index contributed by atoms with van der Waals surface area (Å²) in [4.78, 5) is 49.7. The molecule has 12 heteroatoms. The summed E-state index contributed by atoms with van der Waals surface area (Å²) < 4.78 is 33.2. The second kappa shape index (κ2) is 14.6. The molecule has 0 aliphatic rings. The second-order valence-electron chi connectivity index (χ2n) is 9.18. The van der Waals surface area contributed by atoms with Crippen molar-refractivity contribution in [2.75, 3.05) is 25.6 Å². The molecule has 0 bridgehead atoms. The Morgan fingerprint density at radius 3 is 2.63 bits per heavy atom. The lowest BCUT2D eigenvalue weighted by atomic mass is 10.1. The van der Waals surface area contributed by atoms with Crippen LogP contribution in [0.5, 0.6) is 0 Å². The van der Waals surface area contributed by atoms with Gasteiger partial charge in [-0.25, -0.2) is 13.8 Å². The summed E-state index contributed by atoms with van der Waals surface area (Å²) in [7, 11) is 1.18. The van der Waals surface area contributed by atoms with E-state index in [1.807, 2.05) is 6.07 Å². The molecular formula is C31H28F2N4O6. The Morgan fingerprint density at radius 2 is 1.91 bits per heavy atom. The molecule has 0 fully saturated rings. The lowest BCUT2D eigenvalue weighted by molar-refractivity contribution is -0.138. The summed E-state index contributed by atoms with van der Waals surface area (Å²) in [6.07, 6.45) is 2.33. The van der Waals surface area contributed by atoms with Crippen molar-refractivity contribution in [1.82, 2.24) is 15.0 Å². The maximum Gasteiger partial charge on any atom is 0.325 e. The smallest absolute Gasteiger partial charge is 0.325 e. The Hall–Kier alpha value is -5.28. The van der Waals surface area contributed by atoms with Crippen molar-refractivity contribution in [3.05, 3.63) is 105 Å². The third kappa shape index (κ3) is 7.72. The molecule has 10 nitrogen and oxygen atoms in total. The molecule has 0 spiro atoms. The molecular weight excluding hydrogens is 562 g/mol. The first kappa shape index (κ1) is 30.7. The van der Waals surface area contributed by atoms with Gasteiger partial charge in [-0.05, 0) is 24.1 Å². The highest BCUT2D eigenvalue weighted by Crippen LogP contribution is 2.25. The van der Waals surface area contributed by atoms with E-state index in [1.165, 1.54) is 19.4 Å². The van der Waals surface area contributed by atoms with Gasteiger partial charge in [0, 0.05) is 48.3 Å². The zero-order chi connectivity index (χ0) is 30.8. The molecule has 4 rings (SSSR count). The fourth-order valence-corrected chi connectivity index (χ4v) is 4.03. The number of hydrogen-bond acceptors (Lipinski definition) is 8. The zero-order valence-corrected chi connectivity index (χ0v) is 23.2. The van der Waals surface area contributed by atoms with Gasteiger partial charge in [0.2, 0.25) is 0 Å². The van der Waals surface area contributed by atoms with Crippen LogP contribution < -0.4 is 21.0 Å². The van der Waals surface area contributed by atoms with Gasteiger partial charge in [-0.15, -0.1) is 4.73 Å². The summed E-state index contributed by atoms with van der Waals surface area (Å²) in [5.74, 6) is 2.60. The number of hydrogen-bond donors (Lipinski definition) is 3. The molecule has 0 unspecified atom stereocenters. The van der Waals surface area contributed by atoms with Crippen molar-refractivity contribution in [3.8, 4) is 11.8 Å². The molecule has 222 valence electrons. The average molecular weight is 591 g/mol. The molecule has 4 aromatic rings. The topological polar surface area (TPSA) is 132 Å². The van der Waals surface area contributed by atoms with E-state index in [1.54, 1.807) is 30.3 Å². The van der Waals surface area contributed by atoms with Gasteiger partial charge < -0.3 is 25.3 Å². The number of methoxy groups -OCH3 is 1. The number of carbonyl (C=O) groups is 2. The predicted molar refractivity (Wildman–Crippen MR) is 154 cm³/mol. The Bertz CT molecular complexity index is 1750. The number of amides is 1. The van der Waals surface area contributed by atoms with Gasteiger partial charge in [0.25, 0.3) is 11.5 Å². The van der Waals surface area contributed by atoms with E-state index >= 15 is 0 Å². The van der Waals surface area contributed by atoms with E-state index in [4.69, 9.17) is 14.7 Å². The number of carbonyl (C=O) groups excluding carboxylic acids is 2. The van der Waals surface area contributed by atoms with Crippen molar-refractivity contribution in [2.24, 2.45) is 0 Å². The van der Waals surface area contributed by atoms with Gasteiger partial charge in [0.05, 0.1) is 12.8 Å². The second-order valence-corrected chi connectivity index (χ2v) is 9.18. The van der Waals surface area contributed by atoms with Crippen molar-refractivity contribution < 1.29 is 33.1 Å². The number of esters is 1. The lowest BCUT2D eigenvalue weighted by Gasteiger charge is -2.18. The van der Waals surface area contributed by atoms with Gasteiger partial charge in [-0.2, -0.15) is 0 Å². The van der Waals surface area contributed by atoms with Crippen LogP contribution in [0.4, 0.5) is 14.5 Å². The Balaban J connectivity index is 1.84. The Morgan fingerprint density at radius 1 is 1.12 bits per heavy atom. The number of rotatable bonds is 11. The first-order chi connectivity index (χ1) is 20.8. The van der Waals surface area contributed by atoms with Gasteiger partial charge in [0.15, 0.2) is 5.65 Å². The number of aliphatic hydroxyl groups is 1. The third-order valence-electron chi connectivity index (χ3n) is 6.19. The number of unbranched alkanes of at least 4 members (excludes halogenated alkanes) is 1. The summed E-state index contributed by atoms with van der Waals surface area (Å²) in [6, 6.07) is 13.5. The Kier molecular flexibility index (Phi) is 10.4. The number of pyridine rings is 2. The van der Waals surface area contributed by atoms with Gasteiger partial charge >= 0.3 is 5.97 Å². The van der Waals surface area contributed by atoms with Crippen LogP contribution in [0.15, 0.2) is 65.6 Å².